The minimum Gasteiger partial charge on any atom is -0.457 e. The highest BCUT2D eigenvalue weighted by Crippen LogP contribution is 2.30. The molecule has 2 aliphatic heterocycles. The first-order valence-corrected chi connectivity index (χ1v) is 15.6. The highest BCUT2D eigenvalue weighted by atomic mass is 16.5. The van der Waals surface area contributed by atoms with Crippen LogP contribution in [0.4, 0.5) is 11.5 Å². The highest BCUT2D eigenvalue weighted by Gasteiger charge is 2.27. The molecule has 6 rings (SSSR count). The molecule has 4 N–H and O–H groups in total. The Morgan fingerprint density at radius 1 is 0.957 bits per heavy atom. The van der Waals surface area contributed by atoms with E-state index in [0.29, 0.717) is 35.9 Å². The van der Waals surface area contributed by atoms with Gasteiger partial charge in [-0.25, -0.2) is 4.98 Å². The van der Waals surface area contributed by atoms with Crippen LogP contribution in [-0.2, 0) is 16.1 Å². The average Bonchev–Trinajstić information content (AvgIpc) is 3.07. The maximum absolute atomic E-state index is 12.3. The lowest BCUT2D eigenvalue weighted by atomic mass is 10.0. The molecule has 1 aromatic heterocycles. The van der Waals surface area contributed by atoms with Crippen LogP contribution < -0.4 is 26.0 Å². The van der Waals surface area contributed by atoms with Crippen molar-refractivity contribution in [2.75, 3.05) is 30.4 Å². The summed E-state index contributed by atoms with van der Waals surface area (Å²) in [6.07, 6.45) is 2.76. The van der Waals surface area contributed by atoms with Crippen LogP contribution in [0.15, 0.2) is 91.0 Å². The van der Waals surface area contributed by atoms with Crippen LogP contribution in [-0.4, -0.2) is 59.8 Å². The number of nitrogens with one attached hydrogen (secondary N) is 2. The number of pyridine rings is 1. The fourth-order valence-corrected chi connectivity index (χ4v) is 6.09. The van der Waals surface area contributed by atoms with Crippen LogP contribution in [0.25, 0.3) is 11.3 Å². The molecule has 46 heavy (non-hydrogen) atoms. The zero-order valence-corrected chi connectivity index (χ0v) is 25.8. The molecule has 2 saturated heterocycles. The molecule has 4 aromatic rings. The first-order valence-electron chi connectivity index (χ1n) is 15.6. The smallest absolute Gasteiger partial charge is 0.250 e. The second-order valence-electron chi connectivity index (χ2n) is 11.9. The van der Waals surface area contributed by atoms with E-state index in [9.17, 15) is 14.4 Å². The van der Waals surface area contributed by atoms with Crippen molar-refractivity contribution in [3.05, 3.63) is 102 Å². The maximum atomic E-state index is 12.3. The van der Waals surface area contributed by atoms with Gasteiger partial charge < -0.3 is 20.7 Å². The first kappa shape index (κ1) is 30.8. The third-order valence-corrected chi connectivity index (χ3v) is 8.60. The van der Waals surface area contributed by atoms with Crippen LogP contribution >= 0.6 is 0 Å². The summed E-state index contributed by atoms with van der Waals surface area (Å²) in [4.78, 5) is 45.5. The number of piperidine rings is 2. The number of benzene rings is 3. The molecule has 3 amide bonds. The number of para-hydroxylation sites is 1. The monoisotopic (exact) mass is 618 g/mol. The number of imide groups is 1. The summed E-state index contributed by atoms with van der Waals surface area (Å²) in [6.45, 7) is 2.44. The van der Waals surface area contributed by atoms with Crippen LogP contribution in [0.5, 0.6) is 11.5 Å². The Morgan fingerprint density at radius 3 is 2.41 bits per heavy atom. The molecule has 0 bridgehead atoms. The van der Waals surface area contributed by atoms with Crippen LogP contribution in [0.2, 0.25) is 0 Å². The summed E-state index contributed by atoms with van der Waals surface area (Å²) < 4.78 is 5.92. The molecule has 236 valence electrons. The zero-order valence-electron chi connectivity index (χ0n) is 25.8. The molecule has 2 aliphatic rings. The predicted molar refractivity (Wildman–Crippen MR) is 178 cm³/mol. The molecular weight excluding hydrogens is 580 g/mol. The molecule has 3 heterocycles. The number of aromatic nitrogens is 1. The number of amides is 3. The molecule has 1 unspecified atom stereocenters. The molecule has 2 fully saturated rings. The van der Waals surface area contributed by atoms with E-state index in [2.05, 4.69) is 39.6 Å². The van der Waals surface area contributed by atoms with Gasteiger partial charge in [-0.3, -0.25) is 24.6 Å². The number of rotatable bonds is 10. The summed E-state index contributed by atoms with van der Waals surface area (Å²) in [7, 11) is 2.14. The van der Waals surface area contributed by atoms with E-state index in [1.807, 2.05) is 72.8 Å². The van der Waals surface area contributed by atoms with E-state index in [0.717, 1.165) is 60.9 Å². The van der Waals surface area contributed by atoms with E-state index in [4.69, 9.17) is 15.5 Å². The first-order chi connectivity index (χ1) is 22.3. The number of nitrogens with zero attached hydrogens (tertiary/aromatic N) is 3. The maximum Gasteiger partial charge on any atom is 0.250 e. The normalized spacial score (nSPS) is 17.1. The SMILES string of the molecule is CN(Cc1cccc(NC2CCC(=O)NC2=O)c1)C1CCN(c2ccc(C(N)=O)c(-c3ccc(Oc4ccccc4)cc3)n2)CC1. The van der Waals surface area contributed by atoms with Gasteiger partial charge >= 0.3 is 0 Å². The molecular formula is C36H38N6O4. The average molecular weight is 619 g/mol. The van der Waals surface area contributed by atoms with Gasteiger partial charge in [0.15, 0.2) is 0 Å². The number of hydrogen-bond acceptors (Lipinski definition) is 8. The van der Waals surface area contributed by atoms with Gasteiger partial charge in [0, 0.05) is 43.3 Å². The van der Waals surface area contributed by atoms with Crippen molar-refractivity contribution in [2.24, 2.45) is 5.73 Å². The molecule has 0 radical (unpaired) electrons. The number of carbonyl (C=O) groups is 3. The summed E-state index contributed by atoms with van der Waals surface area (Å²) in [5.74, 6) is 1.24. The Balaban J connectivity index is 1.08. The van der Waals surface area contributed by atoms with Crippen LogP contribution in [0.3, 0.4) is 0 Å². The minimum absolute atomic E-state index is 0.219. The summed E-state index contributed by atoms with van der Waals surface area (Å²) >= 11 is 0. The van der Waals surface area contributed by atoms with E-state index in [1.54, 1.807) is 6.07 Å². The highest BCUT2D eigenvalue weighted by molar-refractivity contribution is 6.01. The molecule has 0 saturated carbocycles. The van der Waals surface area contributed by atoms with Crippen molar-refractivity contribution in [2.45, 2.75) is 44.3 Å². The van der Waals surface area contributed by atoms with Crippen molar-refractivity contribution < 1.29 is 19.1 Å². The van der Waals surface area contributed by atoms with Gasteiger partial charge in [0.1, 0.15) is 23.4 Å². The Kier molecular flexibility index (Phi) is 9.25. The molecule has 10 heteroatoms. The quantitative estimate of drug-likeness (QED) is 0.213. The number of anilines is 2. The van der Waals surface area contributed by atoms with Crippen molar-refractivity contribution in [1.82, 2.24) is 15.2 Å². The van der Waals surface area contributed by atoms with Gasteiger partial charge in [0.25, 0.3) is 5.91 Å². The molecule has 1 atom stereocenters. The molecule has 3 aromatic carbocycles. The lowest BCUT2D eigenvalue weighted by molar-refractivity contribution is -0.133. The second kappa shape index (κ2) is 13.8. The third-order valence-electron chi connectivity index (χ3n) is 8.60. The number of ether oxygens (including phenoxy) is 1. The zero-order chi connectivity index (χ0) is 32.0. The Labute approximate surface area is 268 Å². The van der Waals surface area contributed by atoms with E-state index < -0.39 is 11.9 Å². The van der Waals surface area contributed by atoms with Crippen LogP contribution in [0.1, 0.15) is 41.6 Å². The van der Waals surface area contributed by atoms with Gasteiger partial charge in [0.2, 0.25) is 11.8 Å². The number of carbonyl (C=O) groups excluding carboxylic acids is 3. The van der Waals surface area contributed by atoms with Crippen molar-refractivity contribution in [3.8, 4) is 22.8 Å². The van der Waals surface area contributed by atoms with E-state index in [-0.39, 0.29) is 11.8 Å². The summed E-state index contributed by atoms with van der Waals surface area (Å²) in [5, 5.41) is 5.68. The lowest BCUT2D eigenvalue weighted by Gasteiger charge is -2.37. The minimum atomic E-state index is -0.518. The molecule has 10 nitrogen and oxygen atoms in total. The molecule has 0 aliphatic carbocycles. The van der Waals surface area contributed by atoms with Gasteiger partial charge in [-0.2, -0.15) is 0 Å². The summed E-state index contributed by atoms with van der Waals surface area (Å²) in [6, 6.07) is 28.8. The van der Waals surface area contributed by atoms with Crippen molar-refractivity contribution >= 4 is 29.2 Å². The van der Waals surface area contributed by atoms with E-state index >= 15 is 0 Å². The fourth-order valence-electron chi connectivity index (χ4n) is 6.09. The third kappa shape index (κ3) is 7.35. The Hall–Kier alpha value is -5.22. The van der Waals surface area contributed by atoms with Gasteiger partial charge in [0.05, 0.1) is 11.3 Å². The topological polar surface area (TPSA) is 130 Å². The largest absolute Gasteiger partial charge is 0.457 e. The fraction of sp³-hybridized carbons (Fsp3) is 0.278. The Bertz CT molecular complexity index is 1700. The van der Waals surface area contributed by atoms with Gasteiger partial charge in [-0.15, -0.1) is 0 Å². The lowest BCUT2D eigenvalue weighted by Crippen LogP contribution is -2.47. The predicted octanol–water partition coefficient (Wildman–Crippen LogP) is 4.96. The van der Waals surface area contributed by atoms with Crippen molar-refractivity contribution in [3.63, 3.8) is 0 Å². The van der Waals surface area contributed by atoms with E-state index in [1.165, 1.54) is 0 Å². The van der Waals surface area contributed by atoms with Crippen molar-refractivity contribution in [1.29, 1.82) is 0 Å². The Morgan fingerprint density at radius 2 is 1.70 bits per heavy atom. The van der Waals surface area contributed by atoms with Gasteiger partial charge in [-0.1, -0.05) is 30.3 Å². The van der Waals surface area contributed by atoms with Gasteiger partial charge in [-0.05, 0) is 92.5 Å². The number of hydrogen-bond donors (Lipinski definition) is 3. The number of primary amides is 1. The standard InChI is InChI=1S/C36H38N6O4/c1-41(23-24-6-5-7-26(22-24)38-31-15-17-33(43)40-36(31)45)27-18-20-42(21-19-27)32-16-14-30(35(37)44)34(39-32)25-10-12-29(13-11-25)46-28-8-3-2-4-9-28/h2-14,16,22,27,31,38H,15,17-21,23H2,1H3,(H2,37,44)(H,40,43,45). The second-order valence-corrected chi connectivity index (χ2v) is 11.9. The summed E-state index contributed by atoms with van der Waals surface area (Å²) in [5.41, 5.74) is 9.48. The van der Waals surface area contributed by atoms with Crippen LogP contribution in [0, 0.1) is 0 Å². The molecule has 0 spiro atoms. The number of nitrogens with two attached hydrogens (primary N) is 1.